The molecule has 0 aliphatic carbocycles. The van der Waals surface area contributed by atoms with Crippen LogP contribution in [0.4, 0.5) is 5.69 Å². The zero-order valence-corrected chi connectivity index (χ0v) is 19.1. The molecule has 174 valence electrons. The van der Waals surface area contributed by atoms with Gasteiger partial charge in [-0.15, -0.1) is 0 Å². The highest BCUT2D eigenvalue weighted by Gasteiger charge is 2.25. The SMILES string of the molecule is CC(=O)N1CCN(C(=O)c2ccc(-c3nc4ccc(N)c(C=N)c4c4c3OCCC4)cc2)CC1. The van der Waals surface area contributed by atoms with E-state index in [1.165, 1.54) is 6.21 Å². The second kappa shape index (κ2) is 8.78. The third kappa shape index (κ3) is 3.75. The van der Waals surface area contributed by atoms with Crippen LogP contribution in [0.5, 0.6) is 5.75 Å². The number of carbonyl (C=O) groups is 2. The van der Waals surface area contributed by atoms with Crippen molar-refractivity contribution in [2.75, 3.05) is 38.5 Å². The summed E-state index contributed by atoms with van der Waals surface area (Å²) in [5, 5.41) is 8.73. The standard InChI is InChI=1S/C26H27N5O3/c1-16(32)30-10-12-31(13-11-30)26(33)18-6-4-17(5-7-18)24-25-19(3-2-14-34-25)23-20(15-27)21(28)8-9-22(23)29-24/h4-9,15,27H,2-3,10-14,28H2,1H3. The molecule has 34 heavy (non-hydrogen) atoms. The Hall–Kier alpha value is -3.94. The second-order valence-electron chi connectivity index (χ2n) is 8.70. The summed E-state index contributed by atoms with van der Waals surface area (Å²) in [5.74, 6) is 0.734. The lowest BCUT2D eigenvalue weighted by Gasteiger charge is -2.34. The largest absolute Gasteiger partial charge is 0.491 e. The number of ether oxygens (including phenoxy) is 1. The fourth-order valence-electron chi connectivity index (χ4n) is 4.81. The van der Waals surface area contributed by atoms with Gasteiger partial charge in [0.2, 0.25) is 5.91 Å². The number of anilines is 1. The number of benzene rings is 2. The number of hydrogen-bond donors (Lipinski definition) is 2. The van der Waals surface area contributed by atoms with E-state index < -0.39 is 0 Å². The zero-order valence-electron chi connectivity index (χ0n) is 19.1. The van der Waals surface area contributed by atoms with Gasteiger partial charge in [-0.25, -0.2) is 4.98 Å². The summed E-state index contributed by atoms with van der Waals surface area (Å²) in [6.45, 7) is 4.36. The molecule has 0 unspecified atom stereocenters. The number of aromatic nitrogens is 1. The number of fused-ring (bicyclic) bond motifs is 3. The average molecular weight is 458 g/mol. The van der Waals surface area contributed by atoms with Crippen molar-refractivity contribution < 1.29 is 14.3 Å². The number of nitrogens with zero attached hydrogens (tertiary/aromatic N) is 3. The predicted molar refractivity (Wildman–Crippen MR) is 131 cm³/mol. The molecular weight excluding hydrogens is 430 g/mol. The van der Waals surface area contributed by atoms with Crippen molar-refractivity contribution >= 4 is 34.6 Å². The first-order valence-corrected chi connectivity index (χ1v) is 11.5. The Balaban J connectivity index is 1.48. The number of rotatable bonds is 3. The number of piperazine rings is 1. The first-order chi connectivity index (χ1) is 16.5. The molecule has 2 aromatic carbocycles. The highest BCUT2D eigenvalue weighted by Crippen LogP contribution is 2.41. The molecule has 5 rings (SSSR count). The molecule has 1 fully saturated rings. The lowest BCUT2D eigenvalue weighted by Crippen LogP contribution is -2.50. The first kappa shape index (κ1) is 21.9. The van der Waals surface area contributed by atoms with Crippen LogP contribution in [0, 0.1) is 5.41 Å². The number of nitrogens with two attached hydrogens (primary N) is 1. The molecule has 0 radical (unpaired) electrons. The third-order valence-corrected chi connectivity index (χ3v) is 6.66. The topological polar surface area (TPSA) is 113 Å². The van der Waals surface area contributed by atoms with E-state index in [-0.39, 0.29) is 11.8 Å². The number of nitrogens with one attached hydrogen (secondary N) is 1. The minimum atomic E-state index is -0.0365. The van der Waals surface area contributed by atoms with Crippen LogP contribution in [-0.4, -0.2) is 65.6 Å². The predicted octanol–water partition coefficient (Wildman–Crippen LogP) is 3.11. The first-order valence-electron chi connectivity index (χ1n) is 11.5. The molecule has 0 saturated carbocycles. The Morgan fingerprint density at radius 1 is 1.06 bits per heavy atom. The molecule has 8 nitrogen and oxygen atoms in total. The van der Waals surface area contributed by atoms with Crippen molar-refractivity contribution in [1.29, 1.82) is 5.41 Å². The maximum atomic E-state index is 13.0. The average Bonchev–Trinajstić information content (AvgIpc) is 2.88. The van der Waals surface area contributed by atoms with Crippen LogP contribution < -0.4 is 10.5 Å². The highest BCUT2D eigenvalue weighted by atomic mass is 16.5. The van der Waals surface area contributed by atoms with Gasteiger partial charge in [0.15, 0.2) is 0 Å². The van der Waals surface area contributed by atoms with Crippen LogP contribution in [-0.2, 0) is 11.2 Å². The molecule has 1 aromatic heterocycles. The fraction of sp³-hybridized carbons (Fsp3) is 0.308. The second-order valence-corrected chi connectivity index (χ2v) is 8.70. The van der Waals surface area contributed by atoms with E-state index in [0.717, 1.165) is 46.3 Å². The molecule has 8 heteroatoms. The Morgan fingerprint density at radius 2 is 1.76 bits per heavy atom. The van der Waals surface area contributed by atoms with E-state index in [2.05, 4.69) is 0 Å². The van der Waals surface area contributed by atoms with Gasteiger partial charge in [0.1, 0.15) is 11.4 Å². The van der Waals surface area contributed by atoms with Crippen molar-refractivity contribution in [2.45, 2.75) is 19.8 Å². The summed E-state index contributed by atoms with van der Waals surface area (Å²) in [4.78, 5) is 33.0. The van der Waals surface area contributed by atoms with E-state index in [4.69, 9.17) is 20.9 Å². The maximum absolute atomic E-state index is 13.0. The van der Waals surface area contributed by atoms with Crippen molar-refractivity contribution in [3.05, 3.63) is 53.1 Å². The molecule has 0 spiro atoms. The molecule has 3 aromatic rings. The zero-order chi connectivity index (χ0) is 23.8. The van der Waals surface area contributed by atoms with Crippen LogP contribution in [0.1, 0.15) is 34.8 Å². The summed E-state index contributed by atoms with van der Waals surface area (Å²) in [6.07, 6.45) is 3.00. The van der Waals surface area contributed by atoms with E-state index in [1.54, 1.807) is 22.8 Å². The van der Waals surface area contributed by atoms with Gasteiger partial charge >= 0.3 is 0 Å². The van der Waals surface area contributed by atoms with Crippen LogP contribution >= 0.6 is 0 Å². The van der Waals surface area contributed by atoms with Crippen LogP contribution in [0.25, 0.3) is 22.2 Å². The lowest BCUT2D eigenvalue weighted by atomic mass is 9.94. The molecular formula is C26H27N5O3. The van der Waals surface area contributed by atoms with Gasteiger partial charge in [-0.3, -0.25) is 9.59 Å². The van der Waals surface area contributed by atoms with Crippen molar-refractivity contribution in [1.82, 2.24) is 14.8 Å². The Kier molecular flexibility index (Phi) is 5.65. The van der Waals surface area contributed by atoms with Gasteiger partial charge in [0.05, 0.1) is 12.1 Å². The fourth-order valence-corrected chi connectivity index (χ4v) is 4.81. The minimum Gasteiger partial charge on any atom is -0.491 e. The number of aryl methyl sites for hydroxylation is 1. The summed E-state index contributed by atoms with van der Waals surface area (Å²) in [6, 6.07) is 11.1. The van der Waals surface area contributed by atoms with Crippen molar-refractivity contribution in [2.24, 2.45) is 0 Å². The van der Waals surface area contributed by atoms with Gasteiger partial charge in [-0.2, -0.15) is 0 Å². The monoisotopic (exact) mass is 457 g/mol. The number of nitrogen functional groups attached to an aromatic ring is 1. The minimum absolute atomic E-state index is 0.0365. The Bertz CT molecular complexity index is 1290. The van der Waals surface area contributed by atoms with Crippen molar-refractivity contribution in [3.63, 3.8) is 0 Å². The molecule has 3 N–H and O–H groups in total. The van der Waals surface area contributed by atoms with E-state index in [1.807, 2.05) is 30.3 Å². The van der Waals surface area contributed by atoms with Crippen LogP contribution in [0.3, 0.4) is 0 Å². The van der Waals surface area contributed by atoms with E-state index in [9.17, 15) is 9.59 Å². The molecule has 3 heterocycles. The number of amides is 2. The summed E-state index contributed by atoms with van der Waals surface area (Å²) >= 11 is 0. The Morgan fingerprint density at radius 3 is 2.44 bits per heavy atom. The summed E-state index contributed by atoms with van der Waals surface area (Å²) < 4.78 is 6.07. The van der Waals surface area contributed by atoms with Gasteiger partial charge in [-0.05, 0) is 37.1 Å². The summed E-state index contributed by atoms with van der Waals surface area (Å²) in [7, 11) is 0. The molecule has 2 aliphatic heterocycles. The maximum Gasteiger partial charge on any atom is 0.253 e. The molecule has 2 amide bonds. The Labute approximate surface area is 197 Å². The normalized spacial score (nSPS) is 15.6. The third-order valence-electron chi connectivity index (χ3n) is 6.66. The molecule has 1 saturated heterocycles. The molecule has 0 atom stereocenters. The van der Waals surface area contributed by atoms with E-state index >= 15 is 0 Å². The van der Waals surface area contributed by atoms with Gasteiger partial charge < -0.3 is 25.7 Å². The van der Waals surface area contributed by atoms with Gasteiger partial charge in [-0.1, -0.05) is 12.1 Å². The van der Waals surface area contributed by atoms with Crippen LogP contribution in [0.15, 0.2) is 36.4 Å². The van der Waals surface area contributed by atoms with E-state index in [0.29, 0.717) is 49.6 Å². The molecule has 0 bridgehead atoms. The van der Waals surface area contributed by atoms with Gasteiger partial charge in [0.25, 0.3) is 5.91 Å². The lowest BCUT2D eigenvalue weighted by molar-refractivity contribution is -0.130. The number of pyridine rings is 1. The number of carbonyl (C=O) groups excluding carboxylic acids is 2. The van der Waals surface area contributed by atoms with Crippen molar-refractivity contribution in [3.8, 4) is 17.0 Å². The van der Waals surface area contributed by atoms with Gasteiger partial charge in [0, 0.05) is 72.6 Å². The molecule has 2 aliphatic rings. The number of hydrogen-bond acceptors (Lipinski definition) is 6. The van der Waals surface area contributed by atoms with Crippen LogP contribution in [0.2, 0.25) is 0 Å². The smallest absolute Gasteiger partial charge is 0.253 e. The quantitative estimate of drug-likeness (QED) is 0.464. The highest BCUT2D eigenvalue weighted by molar-refractivity contribution is 6.06. The summed E-state index contributed by atoms with van der Waals surface area (Å²) in [5.41, 5.74) is 11.4.